The van der Waals surface area contributed by atoms with Crippen molar-refractivity contribution in [3.8, 4) is 0 Å². The predicted molar refractivity (Wildman–Crippen MR) is 80.3 cm³/mol. The SMILES string of the molecule is CC[C@@H](N)c1ccccc1N1CCCCCC1CO. The third-order valence-corrected chi connectivity index (χ3v) is 4.17. The Morgan fingerprint density at radius 1 is 1.32 bits per heavy atom. The number of benzene rings is 1. The van der Waals surface area contributed by atoms with Crippen molar-refractivity contribution in [3.63, 3.8) is 0 Å². The molecule has 3 nitrogen and oxygen atoms in total. The van der Waals surface area contributed by atoms with E-state index in [4.69, 9.17) is 5.73 Å². The van der Waals surface area contributed by atoms with Crippen LogP contribution in [0.3, 0.4) is 0 Å². The number of anilines is 1. The van der Waals surface area contributed by atoms with Crippen LogP contribution in [0.2, 0.25) is 0 Å². The van der Waals surface area contributed by atoms with Gasteiger partial charge in [-0.05, 0) is 30.9 Å². The van der Waals surface area contributed by atoms with Crippen molar-refractivity contribution < 1.29 is 5.11 Å². The Morgan fingerprint density at radius 3 is 2.84 bits per heavy atom. The number of hydrogen-bond donors (Lipinski definition) is 2. The van der Waals surface area contributed by atoms with Crippen molar-refractivity contribution in [1.29, 1.82) is 0 Å². The number of nitrogens with two attached hydrogens (primary N) is 1. The minimum absolute atomic E-state index is 0.0822. The van der Waals surface area contributed by atoms with Gasteiger partial charge in [-0.15, -0.1) is 0 Å². The molecule has 19 heavy (non-hydrogen) atoms. The molecule has 0 saturated carbocycles. The predicted octanol–water partition coefficient (Wildman–Crippen LogP) is 2.84. The van der Waals surface area contributed by atoms with Crippen LogP contribution in [0.4, 0.5) is 5.69 Å². The first-order chi connectivity index (χ1) is 9.27. The average molecular weight is 262 g/mol. The van der Waals surface area contributed by atoms with Crippen molar-refractivity contribution in [2.75, 3.05) is 18.1 Å². The molecule has 1 heterocycles. The average Bonchev–Trinajstić information content (AvgIpc) is 2.71. The van der Waals surface area contributed by atoms with Crippen LogP contribution in [0.25, 0.3) is 0 Å². The van der Waals surface area contributed by atoms with E-state index in [1.807, 2.05) is 0 Å². The van der Waals surface area contributed by atoms with E-state index in [0.717, 1.165) is 19.4 Å². The molecule has 3 N–H and O–H groups in total. The van der Waals surface area contributed by atoms with Gasteiger partial charge in [0.15, 0.2) is 0 Å². The van der Waals surface area contributed by atoms with Gasteiger partial charge < -0.3 is 15.7 Å². The van der Waals surface area contributed by atoms with Crippen molar-refractivity contribution in [3.05, 3.63) is 29.8 Å². The molecule has 106 valence electrons. The largest absolute Gasteiger partial charge is 0.394 e. The fourth-order valence-corrected chi connectivity index (χ4v) is 2.97. The summed E-state index contributed by atoms with van der Waals surface area (Å²) in [5.74, 6) is 0. The van der Waals surface area contributed by atoms with E-state index in [1.54, 1.807) is 0 Å². The van der Waals surface area contributed by atoms with Crippen LogP contribution in [-0.2, 0) is 0 Å². The van der Waals surface area contributed by atoms with E-state index in [0.29, 0.717) is 0 Å². The standard InChI is InChI=1S/C16H26N2O/c1-2-15(17)14-9-5-6-10-16(14)18-11-7-3-4-8-13(18)12-19/h5-6,9-10,13,15,19H,2-4,7-8,11-12,17H2,1H3/t13?,15-/m1/s1. The van der Waals surface area contributed by atoms with Gasteiger partial charge in [-0.25, -0.2) is 0 Å². The van der Waals surface area contributed by atoms with Gasteiger partial charge in [0.1, 0.15) is 0 Å². The van der Waals surface area contributed by atoms with Crippen LogP contribution in [0, 0.1) is 0 Å². The number of rotatable bonds is 4. The number of para-hydroxylation sites is 1. The monoisotopic (exact) mass is 262 g/mol. The van der Waals surface area contributed by atoms with E-state index in [2.05, 4.69) is 36.1 Å². The topological polar surface area (TPSA) is 49.5 Å². The summed E-state index contributed by atoms with van der Waals surface area (Å²) in [6, 6.07) is 8.73. The first-order valence-electron chi connectivity index (χ1n) is 7.50. The fraction of sp³-hybridized carbons (Fsp3) is 0.625. The van der Waals surface area contributed by atoms with Crippen molar-refractivity contribution >= 4 is 5.69 Å². The lowest BCUT2D eigenvalue weighted by Gasteiger charge is -2.33. The molecule has 0 radical (unpaired) electrons. The summed E-state index contributed by atoms with van der Waals surface area (Å²) in [6.45, 7) is 3.38. The molecule has 1 aliphatic rings. The lowest BCUT2D eigenvalue weighted by atomic mass is 10.0. The molecular weight excluding hydrogens is 236 g/mol. The van der Waals surface area contributed by atoms with Crippen molar-refractivity contribution in [2.24, 2.45) is 5.73 Å². The van der Waals surface area contributed by atoms with Gasteiger partial charge in [-0.2, -0.15) is 0 Å². The van der Waals surface area contributed by atoms with Crippen molar-refractivity contribution in [2.45, 2.75) is 51.1 Å². The quantitative estimate of drug-likeness (QED) is 0.877. The zero-order valence-electron chi connectivity index (χ0n) is 11.9. The molecule has 1 aromatic carbocycles. The minimum atomic E-state index is 0.0822. The first kappa shape index (κ1) is 14.4. The van der Waals surface area contributed by atoms with Crippen LogP contribution < -0.4 is 10.6 Å². The minimum Gasteiger partial charge on any atom is -0.394 e. The van der Waals surface area contributed by atoms with E-state index < -0.39 is 0 Å². The van der Waals surface area contributed by atoms with Crippen LogP contribution in [0.15, 0.2) is 24.3 Å². The summed E-state index contributed by atoms with van der Waals surface area (Å²) >= 11 is 0. The summed E-state index contributed by atoms with van der Waals surface area (Å²) in [6.07, 6.45) is 5.69. The Kier molecular flexibility index (Phi) is 5.23. The number of aliphatic hydroxyl groups is 1. The zero-order chi connectivity index (χ0) is 13.7. The molecule has 0 aromatic heterocycles. The van der Waals surface area contributed by atoms with Gasteiger partial charge in [0.05, 0.1) is 12.6 Å². The molecule has 0 aliphatic carbocycles. The summed E-state index contributed by atoms with van der Waals surface area (Å²) in [4.78, 5) is 2.37. The Labute approximate surface area is 116 Å². The molecule has 1 fully saturated rings. The molecule has 0 bridgehead atoms. The van der Waals surface area contributed by atoms with Gasteiger partial charge in [0, 0.05) is 18.3 Å². The zero-order valence-corrected chi connectivity index (χ0v) is 11.9. The van der Waals surface area contributed by atoms with Gasteiger partial charge in [-0.1, -0.05) is 38.0 Å². The van der Waals surface area contributed by atoms with Gasteiger partial charge in [-0.3, -0.25) is 0 Å². The highest BCUT2D eigenvalue weighted by atomic mass is 16.3. The second-order valence-corrected chi connectivity index (χ2v) is 5.45. The number of hydrogen-bond acceptors (Lipinski definition) is 3. The van der Waals surface area contributed by atoms with Gasteiger partial charge in [0.2, 0.25) is 0 Å². The van der Waals surface area contributed by atoms with Crippen LogP contribution >= 0.6 is 0 Å². The van der Waals surface area contributed by atoms with Gasteiger partial charge in [0.25, 0.3) is 0 Å². The van der Waals surface area contributed by atoms with Crippen LogP contribution in [-0.4, -0.2) is 24.3 Å². The summed E-state index contributed by atoms with van der Waals surface area (Å²) in [5, 5.41) is 9.66. The Bertz CT molecular complexity index is 394. The molecule has 1 unspecified atom stereocenters. The molecule has 0 spiro atoms. The molecular formula is C16H26N2O. The highest BCUT2D eigenvalue weighted by Gasteiger charge is 2.23. The van der Waals surface area contributed by atoms with Crippen LogP contribution in [0.5, 0.6) is 0 Å². The third-order valence-electron chi connectivity index (χ3n) is 4.17. The van der Waals surface area contributed by atoms with Crippen molar-refractivity contribution in [1.82, 2.24) is 0 Å². The number of nitrogens with zero attached hydrogens (tertiary/aromatic N) is 1. The Balaban J connectivity index is 2.32. The first-order valence-corrected chi connectivity index (χ1v) is 7.50. The summed E-state index contributed by atoms with van der Waals surface area (Å²) in [5.41, 5.74) is 8.67. The Morgan fingerprint density at radius 2 is 2.11 bits per heavy atom. The maximum atomic E-state index is 9.66. The normalized spacial score (nSPS) is 22.1. The summed E-state index contributed by atoms with van der Waals surface area (Å²) < 4.78 is 0. The lowest BCUT2D eigenvalue weighted by Crippen LogP contribution is -2.38. The lowest BCUT2D eigenvalue weighted by molar-refractivity contribution is 0.255. The molecule has 3 heteroatoms. The maximum absolute atomic E-state index is 9.66. The highest BCUT2D eigenvalue weighted by Crippen LogP contribution is 2.31. The van der Waals surface area contributed by atoms with E-state index in [1.165, 1.54) is 30.5 Å². The molecule has 1 saturated heterocycles. The molecule has 0 amide bonds. The maximum Gasteiger partial charge on any atom is 0.0635 e. The van der Waals surface area contributed by atoms with Gasteiger partial charge >= 0.3 is 0 Å². The second-order valence-electron chi connectivity index (χ2n) is 5.45. The number of aliphatic hydroxyl groups excluding tert-OH is 1. The second kappa shape index (κ2) is 6.92. The molecule has 1 aromatic rings. The fourth-order valence-electron chi connectivity index (χ4n) is 2.97. The van der Waals surface area contributed by atoms with E-state index in [9.17, 15) is 5.11 Å². The molecule has 2 atom stereocenters. The molecule has 1 aliphatic heterocycles. The highest BCUT2D eigenvalue weighted by molar-refractivity contribution is 5.56. The van der Waals surface area contributed by atoms with E-state index in [-0.39, 0.29) is 18.7 Å². The van der Waals surface area contributed by atoms with E-state index >= 15 is 0 Å². The Hall–Kier alpha value is -1.06. The summed E-state index contributed by atoms with van der Waals surface area (Å²) in [7, 11) is 0. The molecule has 2 rings (SSSR count). The third kappa shape index (κ3) is 3.28. The van der Waals surface area contributed by atoms with Crippen LogP contribution in [0.1, 0.15) is 50.6 Å². The smallest absolute Gasteiger partial charge is 0.0635 e.